The molecule has 0 unspecified atom stereocenters. The second kappa shape index (κ2) is 5.05. The molecular formula is C12H6Cl3NO. The molecule has 1 aromatic carbocycles. The van der Waals surface area contributed by atoms with E-state index in [1.807, 2.05) is 0 Å². The van der Waals surface area contributed by atoms with Gasteiger partial charge < -0.3 is 0 Å². The van der Waals surface area contributed by atoms with E-state index in [-0.39, 0.29) is 5.69 Å². The van der Waals surface area contributed by atoms with E-state index in [2.05, 4.69) is 4.98 Å². The van der Waals surface area contributed by atoms with Gasteiger partial charge in [0.2, 0.25) is 0 Å². The molecule has 0 spiro atoms. The summed E-state index contributed by atoms with van der Waals surface area (Å²) in [6, 6.07) is 8.34. The monoisotopic (exact) mass is 285 g/mol. The van der Waals surface area contributed by atoms with Crippen molar-refractivity contribution in [1.82, 2.24) is 4.98 Å². The number of aldehydes is 1. The van der Waals surface area contributed by atoms with Gasteiger partial charge in [0.05, 0.1) is 15.7 Å². The number of nitrogens with zero attached hydrogens (tertiary/aromatic N) is 1. The Morgan fingerprint density at radius 3 is 2.41 bits per heavy atom. The average Bonchev–Trinajstić information content (AvgIpc) is 2.33. The van der Waals surface area contributed by atoms with Crippen LogP contribution in [0.25, 0.3) is 11.3 Å². The zero-order chi connectivity index (χ0) is 12.4. The summed E-state index contributed by atoms with van der Waals surface area (Å²) in [6.07, 6.45) is 0.601. The Balaban J connectivity index is 2.60. The summed E-state index contributed by atoms with van der Waals surface area (Å²) in [7, 11) is 0. The predicted molar refractivity (Wildman–Crippen MR) is 70.1 cm³/mol. The van der Waals surface area contributed by atoms with E-state index >= 15 is 0 Å². The molecule has 2 aromatic rings. The van der Waals surface area contributed by atoms with Crippen molar-refractivity contribution in [3.8, 4) is 11.3 Å². The van der Waals surface area contributed by atoms with Crippen molar-refractivity contribution in [3.05, 3.63) is 51.1 Å². The molecule has 0 aliphatic heterocycles. The maximum atomic E-state index is 10.8. The minimum atomic E-state index is 0.181. The van der Waals surface area contributed by atoms with Crippen molar-refractivity contribution in [3.63, 3.8) is 0 Å². The molecule has 86 valence electrons. The van der Waals surface area contributed by atoms with E-state index in [1.54, 1.807) is 30.3 Å². The Hall–Kier alpha value is -1.09. The average molecular weight is 287 g/mol. The van der Waals surface area contributed by atoms with Crippen LogP contribution in [0.1, 0.15) is 10.5 Å². The standard InChI is InChI=1S/C12H6Cl3NO/c13-7-1-2-9(14)8(5-7)11-4-3-10(15)12(6-17)16-11/h1-6H. The first-order valence-electron chi connectivity index (χ1n) is 4.69. The Morgan fingerprint density at radius 1 is 1.00 bits per heavy atom. The van der Waals surface area contributed by atoms with Gasteiger partial charge in [0.25, 0.3) is 0 Å². The third kappa shape index (κ3) is 2.60. The molecule has 5 heteroatoms. The maximum Gasteiger partial charge on any atom is 0.169 e. The molecule has 0 amide bonds. The molecule has 1 heterocycles. The third-order valence-corrected chi connectivity index (χ3v) is 3.07. The van der Waals surface area contributed by atoms with Gasteiger partial charge in [0, 0.05) is 10.6 Å². The van der Waals surface area contributed by atoms with Gasteiger partial charge in [-0.2, -0.15) is 0 Å². The van der Waals surface area contributed by atoms with E-state index in [4.69, 9.17) is 34.8 Å². The number of halogens is 3. The zero-order valence-corrected chi connectivity index (χ0v) is 10.7. The minimum absolute atomic E-state index is 0.181. The van der Waals surface area contributed by atoms with Crippen LogP contribution in [0.4, 0.5) is 0 Å². The van der Waals surface area contributed by atoms with Gasteiger partial charge in [0.1, 0.15) is 5.69 Å². The molecule has 0 bridgehead atoms. The number of carbonyl (C=O) groups excluding carboxylic acids is 1. The van der Waals surface area contributed by atoms with Crippen molar-refractivity contribution >= 4 is 41.1 Å². The van der Waals surface area contributed by atoms with Crippen molar-refractivity contribution in [2.75, 3.05) is 0 Å². The normalized spacial score (nSPS) is 10.3. The second-order valence-electron chi connectivity index (χ2n) is 3.31. The molecule has 0 radical (unpaired) electrons. The van der Waals surface area contributed by atoms with Crippen LogP contribution in [0.2, 0.25) is 15.1 Å². The van der Waals surface area contributed by atoms with Gasteiger partial charge in [0.15, 0.2) is 6.29 Å². The molecule has 0 aliphatic carbocycles. The van der Waals surface area contributed by atoms with Crippen LogP contribution in [0.5, 0.6) is 0 Å². The molecular weight excluding hydrogens is 280 g/mol. The molecule has 0 N–H and O–H groups in total. The second-order valence-corrected chi connectivity index (χ2v) is 4.56. The summed E-state index contributed by atoms with van der Waals surface area (Å²) < 4.78 is 0. The van der Waals surface area contributed by atoms with Crippen LogP contribution in [0.15, 0.2) is 30.3 Å². The smallest absolute Gasteiger partial charge is 0.169 e. The number of hydrogen-bond acceptors (Lipinski definition) is 2. The summed E-state index contributed by atoms with van der Waals surface area (Å²) in [6.45, 7) is 0. The van der Waals surface area contributed by atoms with E-state index in [0.717, 1.165) is 0 Å². The third-order valence-electron chi connectivity index (χ3n) is 2.19. The van der Waals surface area contributed by atoms with E-state index in [1.165, 1.54) is 0 Å². The van der Waals surface area contributed by atoms with Crippen LogP contribution < -0.4 is 0 Å². The van der Waals surface area contributed by atoms with Crippen molar-refractivity contribution in [1.29, 1.82) is 0 Å². The lowest BCUT2D eigenvalue weighted by Crippen LogP contribution is -1.92. The predicted octanol–water partition coefficient (Wildman–Crippen LogP) is 4.52. The molecule has 0 saturated heterocycles. The number of pyridine rings is 1. The van der Waals surface area contributed by atoms with Crippen LogP contribution >= 0.6 is 34.8 Å². The number of benzene rings is 1. The number of aromatic nitrogens is 1. The van der Waals surface area contributed by atoms with Crippen molar-refractivity contribution < 1.29 is 4.79 Å². The maximum absolute atomic E-state index is 10.8. The number of carbonyl (C=O) groups is 1. The van der Waals surface area contributed by atoms with Crippen LogP contribution in [0, 0.1) is 0 Å². The summed E-state index contributed by atoms with van der Waals surface area (Å²) >= 11 is 17.7. The Kier molecular flexibility index (Phi) is 3.67. The molecule has 2 nitrogen and oxygen atoms in total. The van der Waals surface area contributed by atoms with E-state index < -0.39 is 0 Å². The van der Waals surface area contributed by atoms with Gasteiger partial charge in [-0.1, -0.05) is 34.8 Å². The fourth-order valence-corrected chi connectivity index (χ4v) is 1.92. The van der Waals surface area contributed by atoms with Gasteiger partial charge >= 0.3 is 0 Å². The summed E-state index contributed by atoms with van der Waals surface area (Å²) in [5.74, 6) is 0. The fraction of sp³-hybridized carbons (Fsp3) is 0. The highest BCUT2D eigenvalue weighted by Gasteiger charge is 2.08. The Morgan fingerprint density at radius 2 is 1.71 bits per heavy atom. The highest BCUT2D eigenvalue weighted by molar-refractivity contribution is 6.35. The number of rotatable bonds is 2. The lowest BCUT2D eigenvalue weighted by molar-refractivity contribution is 0.111. The fourth-order valence-electron chi connectivity index (χ4n) is 1.38. The molecule has 2 rings (SSSR count). The number of hydrogen-bond donors (Lipinski definition) is 0. The van der Waals surface area contributed by atoms with Gasteiger partial charge in [-0.15, -0.1) is 0 Å². The highest BCUT2D eigenvalue weighted by Crippen LogP contribution is 2.30. The largest absolute Gasteiger partial charge is 0.296 e. The Bertz CT molecular complexity index is 584. The molecule has 17 heavy (non-hydrogen) atoms. The van der Waals surface area contributed by atoms with Crippen molar-refractivity contribution in [2.24, 2.45) is 0 Å². The van der Waals surface area contributed by atoms with E-state index in [9.17, 15) is 4.79 Å². The molecule has 0 saturated carbocycles. The zero-order valence-electron chi connectivity index (χ0n) is 8.45. The Labute approximate surface area is 113 Å². The minimum Gasteiger partial charge on any atom is -0.296 e. The first-order chi connectivity index (χ1) is 8.11. The summed E-state index contributed by atoms with van der Waals surface area (Å²) in [4.78, 5) is 14.9. The first kappa shape index (κ1) is 12.4. The van der Waals surface area contributed by atoms with E-state index in [0.29, 0.717) is 32.6 Å². The van der Waals surface area contributed by atoms with Gasteiger partial charge in [-0.05, 0) is 30.3 Å². The van der Waals surface area contributed by atoms with Gasteiger partial charge in [-0.3, -0.25) is 4.79 Å². The quantitative estimate of drug-likeness (QED) is 0.760. The molecule has 0 aliphatic rings. The SMILES string of the molecule is O=Cc1nc(-c2cc(Cl)ccc2Cl)ccc1Cl. The summed E-state index contributed by atoms with van der Waals surface area (Å²) in [5, 5.41) is 1.37. The summed E-state index contributed by atoms with van der Waals surface area (Å²) in [5.41, 5.74) is 1.41. The van der Waals surface area contributed by atoms with Crippen molar-refractivity contribution in [2.45, 2.75) is 0 Å². The lowest BCUT2D eigenvalue weighted by atomic mass is 10.1. The van der Waals surface area contributed by atoms with Crippen LogP contribution in [-0.2, 0) is 0 Å². The molecule has 0 fully saturated rings. The first-order valence-corrected chi connectivity index (χ1v) is 5.82. The topological polar surface area (TPSA) is 30.0 Å². The lowest BCUT2D eigenvalue weighted by Gasteiger charge is -2.05. The highest BCUT2D eigenvalue weighted by atomic mass is 35.5. The van der Waals surface area contributed by atoms with Crippen LogP contribution in [0.3, 0.4) is 0 Å². The van der Waals surface area contributed by atoms with Crippen LogP contribution in [-0.4, -0.2) is 11.3 Å². The van der Waals surface area contributed by atoms with Gasteiger partial charge in [-0.25, -0.2) is 4.98 Å². The molecule has 0 atom stereocenters. The molecule has 1 aromatic heterocycles.